The summed E-state index contributed by atoms with van der Waals surface area (Å²) in [7, 11) is 0. The fraction of sp³-hybridized carbons (Fsp3) is 0.667. The molecule has 5 heteroatoms. The first-order valence-electron chi connectivity index (χ1n) is 5.88. The Morgan fingerprint density at radius 3 is 2.76 bits per heavy atom. The highest BCUT2D eigenvalue weighted by atomic mass is 16.5. The third kappa shape index (κ3) is 4.99. The molecule has 1 aromatic rings. The van der Waals surface area contributed by atoms with Gasteiger partial charge >= 0.3 is 0 Å². The molecule has 0 aliphatic carbocycles. The Morgan fingerprint density at radius 2 is 2.18 bits per heavy atom. The van der Waals surface area contributed by atoms with Gasteiger partial charge in [-0.3, -0.25) is 0 Å². The summed E-state index contributed by atoms with van der Waals surface area (Å²) in [6.07, 6.45) is 2.21. The second-order valence-corrected chi connectivity index (χ2v) is 4.61. The zero-order valence-corrected chi connectivity index (χ0v) is 10.9. The van der Waals surface area contributed by atoms with Gasteiger partial charge in [-0.2, -0.15) is 0 Å². The monoisotopic (exact) mass is 239 g/mol. The molecular formula is C12H21N3O2. The summed E-state index contributed by atoms with van der Waals surface area (Å²) < 4.78 is 5.46. The minimum Gasteiger partial charge on any atom is -0.475 e. The van der Waals surface area contributed by atoms with E-state index in [1.807, 2.05) is 20.8 Å². The molecule has 1 heterocycles. The molecule has 1 rings (SSSR count). The van der Waals surface area contributed by atoms with Crippen LogP contribution < -0.4 is 10.1 Å². The summed E-state index contributed by atoms with van der Waals surface area (Å²) >= 11 is 0. The molecule has 0 amide bonds. The molecule has 17 heavy (non-hydrogen) atoms. The number of aliphatic hydroxyl groups is 1. The van der Waals surface area contributed by atoms with Crippen LogP contribution in [0.4, 0.5) is 5.82 Å². The molecular weight excluding hydrogens is 218 g/mol. The van der Waals surface area contributed by atoms with E-state index in [0.717, 1.165) is 0 Å². The number of hydrogen-bond acceptors (Lipinski definition) is 5. The quantitative estimate of drug-likeness (QED) is 0.792. The molecule has 0 spiro atoms. The predicted molar refractivity (Wildman–Crippen MR) is 67.2 cm³/mol. The summed E-state index contributed by atoms with van der Waals surface area (Å²) in [6.45, 7) is 8.05. The standard InChI is InChI=1S/C12H21N3O2/c1-5-12(4,16)7-13-10-6-11(15-8-14-10)17-9(2)3/h6,8-9,16H,5,7H2,1-4H3,(H,13,14,15). The molecule has 0 bridgehead atoms. The Hall–Kier alpha value is -1.36. The van der Waals surface area contributed by atoms with Crippen molar-refractivity contribution in [2.24, 2.45) is 0 Å². The second-order valence-electron chi connectivity index (χ2n) is 4.61. The zero-order valence-electron chi connectivity index (χ0n) is 10.9. The third-order valence-corrected chi connectivity index (χ3v) is 2.41. The summed E-state index contributed by atoms with van der Waals surface area (Å²) in [6, 6.07) is 1.73. The van der Waals surface area contributed by atoms with Crippen LogP contribution >= 0.6 is 0 Å². The van der Waals surface area contributed by atoms with Crippen LogP contribution in [-0.2, 0) is 0 Å². The molecule has 0 radical (unpaired) electrons. The molecule has 1 atom stereocenters. The molecule has 0 fully saturated rings. The smallest absolute Gasteiger partial charge is 0.218 e. The summed E-state index contributed by atoms with van der Waals surface area (Å²) in [4.78, 5) is 8.08. The van der Waals surface area contributed by atoms with Gasteiger partial charge in [-0.15, -0.1) is 0 Å². The number of ether oxygens (including phenoxy) is 1. The lowest BCUT2D eigenvalue weighted by molar-refractivity contribution is 0.0696. The van der Waals surface area contributed by atoms with Gasteiger partial charge in [0.25, 0.3) is 0 Å². The van der Waals surface area contributed by atoms with Crippen LogP contribution in [0.5, 0.6) is 5.88 Å². The van der Waals surface area contributed by atoms with Gasteiger partial charge in [-0.1, -0.05) is 6.92 Å². The predicted octanol–water partition coefficient (Wildman–Crippen LogP) is 1.84. The first-order valence-corrected chi connectivity index (χ1v) is 5.88. The van der Waals surface area contributed by atoms with Gasteiger partial charge in [-0.25, -0.2) is 9.97 Å². The largest absolute Gasteiger partial charge is 0.475 e. The highest BCUT2D eigenvalue weighted by Gasteiger charge is 2.17. The van der Waals surface area contributed by atoms with E-state index in [4.69, 9.17) is 4.74 Å². The van der Waals surface area contributed by atoms with Gasteiger partial charge in [0.05, 0.1) is 11.7 Å². The SMILES string of the molecule is CCC(C)(O)CNc1cc(OC(C)C)ncn1. The number of nitrogens with one attached hydrogen (secondary N) is 1. The van der Waals surface area contributed by atoms with E-state index in [2.05, 4.69) is 15.3 Å². The van der Waals surface area contributed by atoms with Crippen LogP contribution in [0.15, 0.2) is 12.4 Å². The average molecular weight is 239 g/mol. The van der Waals surface area contributed by atoms with E-state index in [9.17, 15) is 5.11 Å². The lowest BCUT2D eigenvalue weighted by Crippen LogP contribution is -2.32. The molecule has 0 aliphatic rings. The van der Waals surface area contributed by atoms with E-state index >= 15 is 0 Å². The Bertz CT molecular complexity index is 353. The molecule has 96 valence electrons. The maximum absolute atomic E-state index is 9.86. The summed E-state index contributed by atoms with van der Waals surface area (Å²) in [5, 5.41) is 12.9. The van der Waals surface area contributed by atoms with Gasteiger partial charge in [0, 0.05) is 12.6 Å². The molecule has 0 aromatic carbocycles. The van der Waals surface area contributed by atoms with Crippen LogP contribution in [0.3, 0.4) is 0 Å². The van der Waals surface area contributed by atoms with Crippen molar-refractivity contribution >= 4 is 5.82 Å². The van der Waals surface area contributed by atoms with Crippen molar-refractivity contribution < 1.29 is 9.84 Å². The molecule has 0 saturated heterocycles. The minimum atomic E-state index is -0.732. The van der Waals surface area contributed by atoms with Crippen molar-refractivity contribution in [3.63, 3.8) is 0 Å². The molecule has 2 N–H and O–H groups in total. The van der Waals surface area contributed by atoms with Crippen LogP contribution in [0, 0.1) is 0 Å². The number of aromatic nitrogens is 2. The first kappa shape index (κ1) is 13.7. The Kier molecular flexibility index (Phi) is 4.69. The Morgan fingerprint density at radius 1 is 1.47 bits per heavy atom. The molecule has 1 aromatic heterocycles. The number of rotatable bonds is 6. The van der Waals surface area contributed by atoms with Crippen molar-refractivity contribution in [3.05, 3.63) is 12.4 Å². The first-order chi connectivity index (χ1) is 7.93. The van der Waals surface area contributed by atoms with E-state index in [-0.39, 0.29) is 6.10 Å². The normalized spacial score (nSPS) is 14.5. The lowest BCUT2D eigenvalue weighted by atomic mass is 10.0. The van der Waals surface area contributed by atoms with Gasteiger partial charge < -0.3 is 15.2 Å². The number of hydrogen-bond donors (Lipinski definition) is 2. The summed E-state index contributed by atoms with van der Waals surface area (Å²) in [5.74, 6) is 1.19. The molecule has 0 saturated carbocycles. The van der Waals surface area contributed by atoms with Gasteiger partial charge in [-0.05, 0) is 27.2 Å². The summed E-state index contributed by atoms with van der Waals surface area (Å²) in [5.41, 5.74) is -0.732. The van der Waals surface area contributed by atoms with Crippen LogP contribution in [0.1, 0.15) is 34.1 Å². The van der Waals surface area contributed by atoms with Crippen molar-refractivity contribution in [2.75, 3.05) is 11.9 Å². The molecule has 0 aliphatic heterocycles. The van der Waals surface area contributed by atoms with Crippen molar-refractivity contribution in [3.8, 4) is 5.88 Å². The van der Waals surface area contributed by atoms with Gasteiger partial charge in [0.1, 0.15) is 12.1 Å². The van der Waals surface area contributed by atoms with Crippen LogP contribution in [-0.4, -0.2) is 33.3 Å². The second kappa shape index (κ2) is 5.82. The van der Waals surface area contributed by atoms with Crippen LogP contribution in [0.25, 0.3) is 0 Å². The van der Waals surface area contributed by atoms with E-state index in [0.29, 0.717) is 24.7 Å². The maximum Gasteiger partial charge on any atom is 0.218 e. The van der Waals surface area contributed by atoms with Crippen molar-refractivity contribution in [1.82, 2.24) is 9.97 Å². The highest BCUT2D eigenvalue weighted by Crippen LogP contribution is 2.14. The topological polar surface area (TPSA) is 67.3 Å². The highest BCUT2D eigenvalue weighted by molar-refractivity contribution is 5.37. The van der Waals surface area contributed by atoms with E-state index < -0.39 is 5.60 Å². The average Bonchev–Trinajstić information content (AvgIpc) is 2.26. The van der Waals surface area contributed by atoms with E-state index in [1.54, 1.807) is 13.0 Å². The third-order valence-electron chi connectivity index (χ3n) is 2.41. The van der Waals surface area contributed by atoms with Gasteiger partial charge in [0.15, 0.2) is 0 Å². The number of anilines is 1. The lowest BCUT2D eigenvalue weighted by Gasteiger charge is -2.21. The van der Waals surface area contributed by atoms with E-state index in [1.165, 1.54) is 6.33 Å². The van der Waals surface area contributed by atoms with Crippen molar-refractivity contribution in [2.45, 2.75) is 45.8 Å². The molecule has 1 unspecified atom stereocenters. The maximum atomic E-state index is 9.86. The fourth-order valence-corrected chi connectivity index (χ4v) is 1.15. The van der Waals surface area contributed by atoms with Crippen molar-refractivity contribution in [1.29, 1.82) is 0 Å². The van der Waals surface area contributed by atoms with Gasteiger partial charge in [0.2, 0.25) is 5.88 Å². The fourth-order valence-electron chi connectivity index (χ4n) is 1.15. The Balaban J connectivity index is 2.60. The Labute approximate surface area is 102 Å². The van der Waals surface area contributed by atoms with Crippen LogP contribution in [0.2, 0.25) is 0 Å². The molecule has 5 nitrogen and oxygen atoms in total. The number of nitrogens with zero attached hydrogens (tertiary/aromatic N) is 2. The minimum absolute atomic E-state index is 0.0801. The zero-order chi connectivity index (χ0) is 12.9.